The summed E-state index contributed by atoms with van der Waals surface area (Å²) in [5.74, 6) is 1.42. The summed E-state index contributed by atoms with van der Waals surface area (Å²) in [5, 5.41) is 4.20. The lowest BCUT2D eigenvalue weighted by atomic mass is 10.0. The summed E-state index contributed by atoms with van der Waals surface area (Å²) in [6, 6.07) is 16.8. The highest BCUT2D eigenvalue weighted by atomic mass is 35.5. The molecule has 1 aliphatic heterocycles. The molecule has 1 aliphatic rings. The monoisotopic (exact) mass is 380 g/mol. The first kappa shape index (κ1) is 19.9. The SMILES string of the molecule is CC(C)c1ccc(N2CCNCC2COc2ccc(Cl)cc2)cc1.Cl. The Labute approximate surface area is 161 Å². The number of piperazine rings is 1. The van der Waals surface area contributed by atoms with Gasteiger partial charge in [0.1, 0.15) is 12.4 Å². The number of halogens is 2. The van der Waals surface area contributed by atoms with Gasteiger partial charge in [-0.15, -0.1) is 12.4 Å². The third-order valence-electron chi connectivity index (χ3n) is 4.50. The average Bonchev–Trinajstić information content (AvgIpc) is 2.61. The molecule has 1 heterocycles. The summed E-state index contributed by atoms with van der Waals surface area (Å²) >= 11 is 5.92. The Kier molecular flexibility index (Phi) is 7.42. The van der Waals surface area contributed by atoms with Crippen LogP contribution in [-0.4, -0.2) is 32.3 Å². The van der Waals surface area contributed by atoms with Gasteiger partial charge >= 0.3 is 0 Å². The molecule has 1 fully saturated rings. The van der Waals surface area contributed by atoms with Crippen LogP contribution in [0.1, 0.15) is 25.3 Å². The first-order valence-corrected chi connectivity index (χ1v) is 8.97. The molecule has 1 N–H and O–H groups in total. The summed E-state index contributed by atoms with van der Waals surface area (Å²) in [4.78, 5) is 2.44. The van der Waals surface area contributed by atoms with Crippen molar-refractivity contribution in [1.82, 2.24) is 5.32 Å². The van der Waals surface area contributed by atoms with Gasteiger partial charge in [0, 0.05) is 30.3 Å². The lowest BCUT2D eigenvalue weighted by molar-refractivity contribution is 0.267. The molecule has 25 heavy (non-hydrogen) atoms. The number of hydrogen-bond acceptors (Lipinski definition) is 3. The van der Waals surface area contributed by atoms with Crippen molar-refractivity contribution in [3.63, 3.8) is 0 Å². The Morgan fingerprint density at radius 2 is 1.80 bits per heavy atom. The van der Waals surface area contributed by atoms with Crippen LogP contribution in [0.3, 0.4) is 0 Å². The molecule has 0 radical (unpaired) electrons. The quantitative estimate of drug-likeness (QED) is 0.810. The topological polar surface area (TPSA) is 24.5 Å². The van der Waals surface area contributed by atoms with E-state index in [1.54, 1.807) is 0 Å². The van der Waals surface area contributed by atoms with E-state index in [2.05, 4.69) is 48.3 Å². The molecule has 0 saturated carbocycles. The van der Waals surface area contributed by atoms with Crippen molar-refractivity contribution in [2.45, 2.75) is 25.8 Å². The van der Waals surface area contributed by atoms with Crippen molar-refractivity contribution in [3.05, 3.63) is 59.1 Å². The van der Waals surface area contributed by atoms with Crippen LogP contribution in [0.2, 0.25) is 5.02 Å². The van der Waals surface area contributed by atoms with E-state index >= 15 is 0 Å². The molecule has 5 heteroatoms. The van der Waals surface area contributed by atoms with Crippen LogP contribution in [0.15, 0.2) is 48.5 Å². The fraction of sp³-hybridized carbons (Fsp3) is 0.400. The average molecular weight is 381 g/mol. The fourth-order valence-corrected chi connectivity index (χ4v) is 3.15. The number of rotatable bonds is 5. The molecule has 1 unspecified atom stereocenters. The minimum atomic E-state index is 0. The van der Waals surface area contributed by atoms with Gasteiger partial charge in [0.05, 0.1) is 6.04 Å². The number of nitrogens with one attached hydrogen (secondary N) is 1. The Morgan fingerprint density at radius 1 is 1.12 bits per heavy atom. The third-order valence-corrected chi connectivity index (χ3v) is 4.75. The summed E-state index contributed by atoms with van der Waals surface area (Å²) in [7, 11) is 0. The Morgan fingerprint density at radius 3 is 2.44 bits per heavy atom. The zero-order valence-corrected chi connectivity index (χ0v) is 16.3. The summed E-state index contributed by atoms with van der Waals surface area (Å²) < 4.78 is 5.97. The van der Waals surface area contributed by atoms with E-state index in [0.717, 1.165) is 30.4 Å². The molecule has 0 bridgehead atoms. The van der Waals surface area contributed by atoms with E-state index in [-0.39, 0.29) is 12.4 Å². The van der Waals surface area contributed by atoms with Crippen LogP contribution in [-0.2, 0) is 0 Å². The molecular weight excluding hydrogens is 355 g/mol. The van der Waals surface area contributed by atoms with Crippen LogP contribution in [0.4, 0.5) is 5.69 Å². The van der Waals surface area contributed by atoms with E-state index in [4.69, 9.17) is 16.3 Å². The summed E-state index contributed by atoms with van der Waals surface area (Å²) in [6.45, 7) is 8.03. The van der Waals surface area contributed by atoms with Crippen LogP contribution in [0, 0.1) is 0 Å². The Bertz CT molecular complexity index is 644. The van der Waals surface area contributed by atoms with Crippen molar-refractivity contribution in [2.75, 3.05) is 31.1 Å². The van der Waals surface area contributed by atoms with Gasteiger partial charge in [-0.2, -0.15) is 0 Å². The van der Waals surface area contributed by atoms with Gasteiger partial charge in [0.2, 0.25) is 0 Å². The summed E-state index contributed by atoms with van der Waals surface area (Å²) in [6.07, 6.45) is 0. The maximum absolute atomic E-state index is 5.97. The minimum Gasteiger partial charge on any atom is -0.491 e. The second-order valence-electron chi connectivity index (χ2n) is 6.56. The van der Waals surface area contributed by atoms with Crippen LogP contribution in [0.25, 0.3) is 0 Å². The lowest BCUT2D eigenvalue weighted by Gasteiger charge is -2.38. The van der Waals surface area contributed by atoms with Gasteiger partial charge in [-0.25, -0.2) is 0 Å². The number of nitrogens with zero attached hydrogens (tertiary/aromatic N) is 1. The number of ether oxygens (including phenoxy) is 1. The molecule has 3 nitrogen and oxygen atoms in total. The highest BCUT2D eigenvalue weighted by molar-refractivity contribution is 6.30. The van der Waals surface area contributed by atoms with E-state index in [0.29, 0.717) is 18.6 Å². The molecule has 0 aromatic heterocycles. The highest BCUT2D eigenvalue weighted by Crippen LogP contribution is 2.23. The van der Waals surface area contributed by atoms with E-state index in [1.165, 1.54) is 11.3 Å². The molecule has 2 aromatic carbocycles. The van der Waals surface area contributed by atoms with Crippen molar-refractivity contribution in [2.24, 2.45) is 0 Å². The van der Waals surface area contributed by atoms with Crippen molar-refractivity contribution >= 4 is 29.7 Å². The maximum Gasteiger partial charge on any atom is 0.119 e. The van der Waals surface area contributed by atoms with Crippen molar-refractivity contribution in [1.29, 1.82) is 0 Å². The first-order valence-electron chi connectivity index (χ1n) is 8.59. The van der Waals surface area contributed by atoms with Gasteiger partial charge in [0.15, 0.2) is 0 Å². The molecule has 0 aliphatic carbocycles. The highest BCUT2D eigenvalue weighted by Gasteiger charge is 2.23. The molecule has 0 spiro atoms. The Hall–Kier alpha value is -1.42. The van der Waals surface area contributed by atoms with Gasteiger partial charge < -0.3 is 15.0 Å². The van der Waals surface area contributed by atoms with Crippen LogP contribution < -0.4 is 15.0 Å². The Balaban J connectivity index is 0.00000225. The molecule has 2 aromatic rings. The van der Waals surface area contributed by atoms with E-state index in [9.17, 15) is 0 Å². The normalized spacial score (nSPS) is 17.3. The fourth-order valence-electron chi connectivity index (χ4n) is 3.02. The zero-order chi connectivity index (χ0) is 16.9. The smallest absolute Gasteiger partial charge is 0.119 e. The minimum absolute atomic E-state index is 0. The second-order valence-corrected chi connectivity index (χ2v) is 7.00. The number of hydrogen-bond donors (Lipinski definition) is 1. The second kappa shape index (κ2) is 9.33. The van der Waals surface area contributed by atoms with Crippen molar-refractivity contribution < 1.29 is 4.74 Å². The predicted octanol–water partition coefficient (Wildman–Crippen LogP) is 4.74. The molecule has 1 saturated heterocycles. The first-order chi connectivity index (χ1) is 11.6. The van der Waals surface area contributed by atoms with E-state index < -0.39 is 0 Å². The van der Waals surface area contributed by atoms with Crippen molar-refractivity contribution in [3.8, 4) is 5.75 Å². The molecule has 3 rings (SSSR count). The zero-order valence-electron chi connectivity index (χ0n) is 14.7. The number of anilines is 1. The molecule has 0 amide bonds. The van der Waals surface area contributed by atoms with Crippen LogP contribution in [0.5, 0.6) is 5.75 Å². The van der Waals surface area contributed by atoms with Crippen LogP contribution >= 0.6 is 24.0 Å². The molecule has 1 atom stereocenters. The largest absolute Gasteiger partial charge is 0.491 e. The predicted molar refractivity (Wildman–Crippen MR) is 109 cm³/mol. The van der Waals surface area contributed by atoms with E-state index in [1.807, 2.05) is 24.3 Å². The molecule has 136 valence electrons. The van der Waals surface area contributed by atoms with Gasteiger partial charge in [-0.1, -0.05) is 37.6 Å². The van der Waals surface area contributed by atoms with Gasteiger partial charge in [0.25, 0.3) is 0 Å². The standard InChI is InChI=1S/C20H25ClN2O.ClH/c1-15(2)16-3-7-18(8-4-16)23-12-11-22-13-19(23)14-24-20-9-5-17(21)6-10-20;/h3-10,15,19,22H,11-14H2,1-2H3;1H. The van der Waals surface area contributed by atoms with Gasteiger partial charge in [-0.3, -0.25) is 0 Å². The molecular formula is C20H26Cl2N2O. The lowest BCUT2D eigenvalue weighted by Crippen LogP contribution is -2.54. The van der Waals surface area contributed by atoms with Gasteiger partial charge in [-0.05, 0) is 47.9 Å². The summed E-state index contributed by atoms with van der Waals surface area (Å²) in [5.41, 5.74) is 2.65. The maximum atomic E-state index is 5.97. The number of benzene rings is 2. The third kappa shape index (κ3) is 5.27.